The van der Waals surface area contributed by atoms with Crippen molar-refractivity contribution >= 4 is 12.4 Å². The molecule has 3 nitrogen and oxygen atoms in total. The molecule has 0 aliphatic carbocycles. The highest BCUT2D eigenvalue weighted by Gasteiger charge is 2.20. The molecule has 0 spiro atoms. The minimum Gasteiger partial charge on any atom is -0.272 e. The Morgan fingerprint density at radius 3 is 3.33 bits per heavy atom. The number of hydrazone groups is 1. The van der Waals surface area contributed by atoms with Crippen molar-refractivity contribution in [2.45, 2.75) is 19.0 Å². The van der Waals surface area contributed by atoms with Gasteiger partial charge in [-0.05, 0) is 0 Å². The molecule has 0 aromatic carbocycles. The van der Waals surface area contributed by atoms with Gasteiger partial charge in [-0.15, -0.1) is 0 Å². The van der Waals surface area contributed by atoms with Gasteiger partial charge in [-0.1, -0.05) is 0 Å². The average Bonchev–Trinajstić information content (AvgIpc) is 2.33. The minimum absolute atomic E-state index is 0.346. The molecule has 0 saturated carbocycles. The summed E-state index contributed by atoms with van der Waals surface area (Å²) in [6, 6.07) is 0. The number of aliphatic imine (C=N–C) groups is 1. The van der Waals surface area contributed by atoms with E-state index in [1.807, 2.05) is 17.4 Å². The van der Waals surface area contributed by atoms with Gasteiger partial charge in [0.2, 0.25) is 0 Å². The maximum Gasteiger partial charge on any atom is 0.141 e. The molecule has 0 saturated heterocycles. The third-order valence-electron chi connectivity index (χ3n) is 1.66. The highest BCUT2D eigenvalue weighted by atomic mass is 15.5. The fraction of sp³-hybridized carbons (Fsp3) is 0.667. The third kappa shape index (κ3) is 0.724. The van der Waals surface area contributed by atoms with Crippen LogP contribution in [0.2, 0.25) is 0 Å². The zero-order valence-corrected chi connectivity index (χ0v) is 5.20. The second kappa shape index (κ2) is 1.83. The Balaban J connectivity index is 2.16. The zero-order chi connectivity index (χ0) is 6.10. The predicted molar refractivity (Wildman–Crippen MR) is 36.7 cm³/mol. The van der Waals surface area contributed by atoms with Crippen molar-refractivity contribution in [2.75, 3.05) is 6.54 Å². The smallest absolute Gasteiger partial charge is 0.141 e. The van der Waals surface area contributed by atoms with Crippen molar-refractivity contribution in [1.29, 1.82) is 0 Å². The van der Waals surface area contributed by atoms with Crippen LogP contribution in [0, 0.1) is 0 Å². The first-order chi connectivity index (χ1) is 4.47. The van der Waals surface area contributed by atoms with Crippen LogP contribution in [0.5, 0.6) is 0 Å². The van der Waals surface area contributed by atoms with E-state index in [0.717, 1.165) is 19.4 Å². The summed E-state index contributed by atoms with van der Waals surface area (Å²) in [4.78, 5) is 4.27. The van der Waals surface area contributed by atoms with Gasteiger partial charge in [-0.3, -0.25) is 10.0 Å². The standard InChI is InChI=1S/C6H9N3/c1-3-7-6-2-4-8-9(6)5-1/h3-4,6H,1-2,5H2. The van der Waals surface area contributed by atoms with Gasteiger partial charge in [0.05, 0.1) is 0 Å². The Morgan fingerprint density at radius 1 is 1.44 bits per heavy atom. The highest BCUT2D eigenvalue weighted by Crippen LogP contribution is 2.14. The SMILES string of the molecule is C1=NC2CC=NN2CC1. The minimum atomic E-state index is 0.346. The van der Waals surface area contributed by atoms with E-state index in [1.54, 1.807) is 0 Å². The van der Waals surface area contributed by atoms with Gasteiger partial charge < -0.3 is 0 Å². The van der Waals surface area contributed by atoms with Crippen LogP contribution in [-0.2, 0) is 0 Å². The van der Waals surface area contributed by atoms with Crippen molar-refractivity contribution in [2.24, 2.45) is 10.1 Å². The second-order valence-electron chi connectivity index (χ2n) is 2.30. The first-order valence-electron chi connectivity index (χ1n) is 3.27. The topological polar surface area (TPSA) is 28.0 Å². The molecule has 2 aliphatic rings. The largest absolute Gasteiger partial charge is 0.272 e. The molecule has 0 radical (unpaired) electrons. The van der Waals surface area contributed by atoms with Crippen LogP contribution in [0.15, 0.2) is 10.1 Å². The van der Waals surface area contributed by atoms with Crippen LogP contribution in [-0.4, -0.2) is 30.1 Å². The quantitative estimate of drug-likeness (QED) is 0.460. The number of fused-ring (bicyclic) bond motifs is 1. The van der Waals surface area contributed by atoms with Crippen molar-refractivity contribution in [3.8, 4) is 0 Å². The summed E-state index contributed by atoms with van der Waals surface area (Å²) in [5.41, 5.74) is 0. The summed E-state index contributed by atoms with van der Waals surface area (Å²) >= 11 is 0. The fourth-order valence-corrected chi connectivity index (χ4v) is 1.18. The molecule has 2 heterocycles. The maximum absolute atomic E-state index is 4.27. The lowest BCUT2D eigenvalue weighted by Crippen LogP contribution is -2.29. The Morgan fingerprint density at radius 2 is 2.44 bits per heavy atom. The normalized spacial score (nSPS) is 31.1. The van der Waals surface area contributed by atoms with E-state index in [-0.39, 0.29) is 0 Å². The summed E-state index contributed by atoms with van der Waals surface area (Å²) in [5.74, 6) is 0. The van der Waals surface area contributed by atoms with Gasteiger partial charge in [0.25, 0.3) is 0 Å². The van der Waals surface area contributed by atoms with Gasteiger partial charge in [0, 0.05) is 31.8 Å². The van der Waals surface area contributed by atoms with Crippen molar-refractivity contribution in [1.82, 2.24) is 5.01 Å². The lowest BCUT2D eigenvalue weighted by molar-refractivity contribution is 0.235. The molecule has 2 rings (SSSR count). The molecule has 3 heteroatoms. The fourth-order valence-electron chi connectivity index (χ4n) is 1.18. The van der Waals surface area contributed by atoms with Crippen LogP contribution >= 0.6 is 0 Å². The Kier molecular flexibility index (Phi) is 1.01. The molecule has 1 atom stereocenters. The van der Waals surface area contributed by atoms with Gasteiger partial charge in [0.15, 0.2) is 0 Å². The molecular formula is C6H9N3. The number of hydrogen-bond donors (Lipinski definition) is 0. The molecule has 0 N–H and O–H groups in total. The number of rotatable bonds is 0. The van der Waals surface area contributed by atoms with Crippen molar-refractivity contribution < 1.29 is 0 Å². The number of nitrogens with zero attached hydrogens (tertiary/aromatic N) is 3. The predicted octanol–water partition coefficient (Wildman–Crippen LogP) is 0.479. The Labute approximate surface area is 54.1 Å². The number of hydrogen-bond acceptors (Lipinski definition) is 3. The van der Waals surface area contributed by atoms with E-state index in [1.165, 1.54) is 0 Å². The lowest BCUT2D eigenvalue weighted by Gasteiger charge is -2.22. The summed E-state index contributed by atoms with van der Waals surface area (Å²) in [7, 11) is 0. The van der Waals surface area contributed by atoms with Crippen molar-refractivity contribution in [3.05, 3.63) is 0 Å². The molecule has 48 valence electrons. The first-order valence-corrected chi connectivity index (χ1v) is 3.27. The molecule has 0 amide bonds. The van der Waals surface area contributed by atoms with Gasteiger partial charge in [-0.25, -0.2) is 0 Å². The summed E-state index contributed by atoms with van der Waals surface area (Å²) < 4.78 is 0. The lowest BCUT2D eigenvalue weighted by atomic mass is 10.3. The van der Waals surface area contributed by atoms with Crippen molar-refractivity contribution in [3.63, 3.8) is 0 Å². The molecule has 0 bridgehead atoms. The highest BCUT2D eigenvalue weighted by molar-refractivity contribution is 5.64. The van der Waals surface area contributed by atoms with E-state index >= 15 is 0 Å². The van der Waals surface area contributed by atoms with Crippen LogP contribution in [0.3, 0.4) is 0 Å². The zero-order valence-electron chi connectivity index (χ0n) is 5.20. The maximum atomic E-state index is 4.27. The van der Waals surface area contributed by atoms with Gasteiger partial charge in [-0.2, -0.15) is 5.10 Å². The van der Waals surface area contributed by atoms with Gasteiger partial charge >= 0.3 is 0 Å². The van der Waals surface area contributed by atoms with E-state index in [2.05, 4.69) is 10.1 Å². The molecule has 9 heavy (non-hydrogen) atoms. The average molecular weight is 123 g/mol. The molecule has 1 unspecified atom stereocenters. The van der Waals surface area contributed by atoms with Crippen LogP contribution in [0.25, 0.3) is 0 Å². The molecule has 0 aromatic heterocycles. The van der Waals surface area contributed by atoms with Crippen LogP contribution in [0.4, 0.5) is 0 Å². The summed E-state index contributed by atoms with van der Waals surface area (Å²) in [5, 5.41) is 6.19. The van der Waals surface area contributed by atoms with E-state index in [0.29, 0.717) is 6.17 Å². The first kappa shape index (κ1) is 4.97. The summed E-state index contributed by atoms with van der Waals surface area (Å²) in [6.07, 6.45) is 6.33. The Hall–Kier alpha value is -0.860. The summed E-state index contributed by atoms with van der Waals surface area (Å²) in [6.45, 7) is 1.05. The van der Waals surface area contributed by atoms with E-state index in [9.17, 15) is 0 Å². The molecule has 2 aliphatic heterocycles. The van der Waals surface area contributed by atoms with E-state index < -0.39 is 0 Å². The molecule has 0 aromatic rings. The Bertz CT molecular complexity index is 162. The molecule has 0 fully saturated rings. The second-order valence-corrected chi connectivity index (χ2v) is 2.30. The third-order valence-corrected chi connectivity index (χ3v) is 1.66. The molecular weight excluding hydrogens is 114 g/mol. The van der Waals surface area contributed by atoms with Crippen LogP contribution < -0.4 is 0 Å². The van der Waals surface area contributed by atoms with Crippen LogP contribution in [0.1, 0.15) is 12.8 Å². The monoisotopic (exact) mass is 123 g/mol. The van der Waals surface area contributed by atoms with Gasteiger partial charge in [0.1, 0.15) is 6.17 Å². The van der Waals surface area contributed by atoms with E-state index in [4.69, 9.17) is 0 Å².